The van der Waals surface area contributed by atoms with Crippen LogP contribution in [0.15, 0.2) is 18.3 Å². The third-order valence-electron chi connectivity index (χ3n) is 2.66. The third-order valence-corrected chi connectivity index (χ3v) is 2.66. The van der Waals surface area contributed by atoms with E-state index in [4.69, 9.17) is 0 Å². The number of H-pyrrole nitrogens is 1. The summed E-state index contributed by atoms with van der Waals surface area (Å²) in [7, 11) is 0. The number of Topliss-reactive ketones (excluding diaryl/α,β-unsaturated/α-hetero) is 1. The maximum Gasteiger partial charge on any atom is 0.178 e. The van der Waals surface area contributed by atoms with Crippen LogP contribution in [0.25, 0.3) is 0 Å². The number of ketones is 1. The summed E-state index contributed by atoms with van der Waals surface area (Å²) in [5, 5.41) is 0. The minimum atomic E-state index is 0.246. The van der Waals surface area contributed by atoms with Gasteiger partial charge in [-0.25, -0.2) is 0 Å². The Balaban J connectivity index is 2.03. The van der Waals surface area contributed by atoms with Crippen molar-refractivity contribution in [2.24, 2.45) is 0 Å². The van der Waals surface area contributed by atoms with Crippen molar-refractivity contribution in [2.75, 3.05) is 0 Å². The van der Waals surface area contributed by atoms with Crippen LogP contribution in [0.2, 0.25) is 0 Å². The zero-order valence-corrected chi connectivity index (χ0v) is 9.59. The molecular formula is C13H21NO. The molecule has 0 bridgehead atoms. The van der Waals surface area contributed by atoms with Gasteiger partial charge in [-0.1, -0.05) is 39.0 Å². The molecule has 0 radical (unpaired) electrons. The first-order valence-electron chi connectivity index (χ1n) is 6.01. The maximum absolute atomic E-state index is 11.6. The minimum absolute atomic E-state index is 0.246. The Kier molecular flexibility index (Phi) is 5.83. The number of aromatic amines is 1. The average molecular weight is 207 g/mol. The van der Waals surface area contributed by atoms with E-state index in [9.17, 15) is 4.79 Å². The van der Waals surface area contributed by atoms with Gasteiger partial charge in [0.1, 0.15) is 0 Å². The van der Waals surface area contributed by atoms with Gasteiger partial charge in [-0.15, -0.1) is 0 Å². The predicted octanol–water partition coefficient (Wildman–Crippen LogP) is 3.95. The first kappa shape index (κ1) is 12.0. The van der Waals surface area contributed by atoms with E-state index in [2.05, 4.69) is 11.9 Å². The molecule has 0 saturated carbocycles. The summed E-state index contributed by atoms with van der Waals surface area (Å²) in [6.45, 7) is 2.22. The van der Waals surface area contributed by atoms with Gasteiger partial charge in [0.2, 0.25) is 0 Å². The molecule has 0 fully saturated rings. The van der Waals surface area contributed by atoms with Crippen molar-refractivity contribution in [1.82, 2.24) is 4.98 Å². The van der Waals surface area contributed by atoms with Crippen molar-refractivity contribution in [3.8, 4) is 0 Å². The lowest BCUT2D eigenvalue weighted by Gasteiger charge is -1.99. The molecule has 0 saturated heterocycles. The highest BCUT2D eigenvalue weighted by Gasteiger charge is 2.04. The number of hydrogen-bond donors (Lipinski definition) is 1. The van der Waals surface area contributed by atoms with E-state index in [0.717, 1.165) is 12.1 Å². The molecule has 0 aliphatic carbocycles. The summed E-state index contributed by atoms with van der Waals surface area (Å²) >= 11 is 0. The fourth-order valence-corrected chi connectivity index (χ4v) is 1.70. The van der Waals surface area contributed by atoms with Gasteiger partial charge in [0.05, 0.1) is 5.69 Å². The number of rotatable bonds is 8. The van der Waals surface area contributed by atoms with Gasteiger partial charge in [-0.3, -0.25) is 4.79 Å². The van der Waals surface area contributed by atoms with E-state index in [1.165, 1.54) is 32.1 Å². The average Bonchev–Trinajstić information content (AvgIpc) is 2.76. The minimum Gasteiger partial charge on any atom is -0.359 e. The van der Waals surface area contributed by atoms with Crippen LogP contribution in [-0.2, 0) is 0 Å². The molecule has 0 amide bonds. The Labute approximate surface area is 92.1 Å². The van der Waals surface area contributed by atoms with Gasteiger partial charge in [0, 0.05) is 12.6 Å². The molecule has 0 aliphatic rings. The molecule has 1 rings (SSSR count). The molecule has 0 aliphatic heterocycles. The van der Waals surface area contributed by atoms with Crippen LogP contribution in [-0.4, -0.2) is 10.8 Å². The van der Waals surface area contributed by atoms with Gasteiger partial charge in [-0.05, 0) is 18.6 Å². The van der Waals surface area contributed by atoms with E-state index in [1.807, 2.05) is 12.1 Å². The first-order chi connectivity index (χ1) is 7.34. The van der Waals surface area contributed by atoms with Crippen molar-refractivity contribution in [2.45, 2.75) is 51.9 Å². The van der Waals surface area contributed by atoms with Crippen molar-refractivity contribution in [1.29, 1.82) is 0 Å². The smallest absolute Gasteiger partial charge is 0.178 e. The number of unbranched alkanes of at least 4 members (excludes halogenated alkanes) is 5. The molecule has 84 valence electrons. The molecule has 1 heterocycles. The number of carbonyl (C=O) groups is 1. The molecule has 0 spiro atoms. The van der Waals surface area contributed by atoms with Crippen molar-refractivity contribution >= 4 is 5.78 Å². The second-order valence-electron chi connectivity index (χ2n) is 4.02. The van der Waals surface area contributed by atoms with E-state index in [0.29, 0.717) is 6.42 Å². The maximum atomic E-state index is 11.6. The van der Waals surface area contributed by atoms with Crippen LogP contribution < -0.4 is 0 Å². The van der Waals surface area contributed by atoms with Crippen LogP contribution in [0.4, 0.5) is 0 Å². The normalized spacial score (nSPS) is 10.5. The molecule has 1 N–H and O–H groups in total. The fraction of sp³-hybridized carbons (Fsp3) is 0.615. The van der Waals surface area contributed by atoms with Gasteiger partial charge >= 0.3 is 0 Å². The lowest BCUT2D eigenvalue weighted by atomic mass is 10.1. The number of hydrogen-bond acceptors (Lipinski definition) is 1. The van der Waals surface area contributed by atoms with Crippen LogP contribution in [0.5, 0.6) is 0 Å². The lowest BCUT2D eigenvalue weighted by Crippen LogP contribution is -1.98. The molecule has 1 aromatic heterocycles. The highest BCUT2D eigenvalue weighted by molar-refractivity contribution is 5.94. The Morgan fingerprint density at radius 3 is 2.60 bits per heavy atom. The number of nitrogens with one attached hydrogen (secondary N) is 1. The molecule has 0 atom stereocenters. The molecular weight excluding hydrogens is 186 g/mol. The van der Waals surface area contributed by atoms with Crippen LogP contribution in [0, 0.1) is 0 Å². The summed E-state index contributed by atoms with van der Waals surface area (Å²) in [4.78, 5) is 14.5. The molecule has 15 heavy (non-hydrogen) atoms. The first-order valence-corrected chi connectivity index (χ1v) is 6.01. The van der Waals surface area contributed by atoms with E-state index in [1.54, 1.807) is 6.20 Å². The Hall–Kier alpha value is -1.05. The largest absolute Gasteiger partial charge is 0.359 e. The van der Waals surface area contributed by atoms with E-state index < -0.39 is 0 Å². The Bertz CT molecular complexity index is 264. The summed E-state index contributed by atoms with van der Waals surface area (Å²) in [5.74, 6) is 0.246. The van der Waals surface area contributed by atoms with Gasteiger partial charge in [0.25, 0.3) is 0 Å². The quantitative estimate of drug-likeness (QED) is 0.508. The standard InChI is InChI=1S/C13H21NO/c1-2-3-4-5-6-7-10-13(15)12-9-8-11-14-12/h8-9,11,14H,2-7,10H2,1H3. The molecule has 2 nitrogen and oxygen atoms in total. The Morgan fingerprint density at radius 1 is 1.20 bits per heavy atom. The number of aromatic nitrogens is 1. The molecule has 2 heteroatoms. The summed E-state index contributed by atoms with van der Waals surface area (Å²) in [5.41, 5.74) is 0.753. The summed E-state index contributed by atoms with van der Waals surface area (Å²) < 4.78 is 0. The SMILES string of the molecule is CCCCCCCCC(=O)c1ccc[nH]1. The van der Waals surface area contributed by atoms with Crippen molar-refractivity contribution < 1.29 is 4.79 Å². The second-order valence-corrected chi connectivity index (χ2v) is 4.02. The monoisotopic (exact) mass is 207 g/mol. The molecule has 0 aromatic carbocycles. The summed E-state index contributed by atoms with van der Waals surface area (Å²) in [6, 6.07) is 3.72. The zero-order chi connectivity index (χ0) is 10.9. The third kappa shape index (κ3) is 4.82. The van der Waals surface area contributed by atoms with Crippen LogP contribution in [0.1, 0.15) is 62.4 Å². The fourth-order valence-electron chi connectivity index (χ4n) is 1.70. The van der Waals surface area contributed by atoms with Crippen molar-refractivity contribution in [3.63, 3.8) is 0 Å². The zero-order valence-electron chi connectivity index (χ0n) is 9.59. The predicted molar refractivity (Wildman–Crippen MR) is 63.1 cm³/mol. The number of carbonyl (C=O) groups excluding carboxylic acids is 1. The van der Waals surface area contributed by atoms with Crippen molar-refractivity contribution in [3.05, 3.63) is 24.0 Å². The van der Waals surface area contributed by atoms with Gasteiger partial charge in [-0.2, -0.15) is 0 Å². The Morgan fingerprint density at radius 2 is 1.93 bits per heavy atom. The van der Waals surface area contributed by atoms with Crippen LogP contribution >= 0.6 is 0 Å². The van der Waals surface area contributed by atoms with Gasteiger partial charge < -0.3 is 4.98 Å². The highest BCUT2D eigenvalue weighted by atomic mass is 16.1. The highest BCUT2D eigenvalue weighted by Crippen LogP contribution is 2.09. The lowest BCUT2D eigenvalue weighted by molar-refractivity contribution is 0.0975. The second kappa shape index (κ2) is 7.27. The van der Waals surface area contributed by atoms with E-state index >= 15 is 0 Å². The van der Waals surface area contributed by atoms with Crippen LogP contribution in [0.3, 0.4) is 0 Å². The molecule has 1 aromatic rings. The summed E-state index contributed by atoms with van der Waals surface area (Å²) in [6.07, 6.45) is 9.89. The molecule has 0 unspecified atom stereocenters. The van der Waals surface area contributed by atoms with Gasteiger partial charge in [0.15, 0.2) is 5.78 Å². The van der Waals surface area contributed by atoms with E-state index in [-0.39, 0.29) is 5.78 Å². The topological polar surface area (TPSA) is 32.9 Å².